The van der Waals surface area contributed by atoms with Gasteiger partial charge < -0.3 is 9.47 Å². The Labute approximate surface area is 183 Å². The summed E-state index contributed by atoms with van der Waals surface area (Å²) in [7, 11) is -3.51. The highest BCUT2D eigenvalue weighted by molar-refractivity contribution is 7.89. The Morgan fingerprint density at radius 2 is 1.67 bits per heavy atom. The molecule has 0 spiro atoms. The van der Waals surface area contributed by atoms with Crippen molar-refractivity contribution in [3.8, 4) is 5.75 Å². The fourth-order valence-electron chi connectivity index (χ4n) is 4.45. The van der Waals surface area contributed by atoms with E-state index in [9.17, 15) is 8.42 Å². The van der Waals surface area contributed by atoms with Gasteiger partial charge in [0.2, 0.25) is 10.0 Å². The van der Waals surface area contributed by atoms with Crippen LogP contribution in [0.4, 0.5) is 0 Å². The van der Waals surface area contributed by atoms with E-state index in [-0.39, 0.29) is 6.79 Å². The second kappa shape index (κ2) is 8.48. The molecule has 2 heterocycles. The van der Waals surface area contributed by atoms with Gasteiger partial charge >= 0.3 is 0 Å². The van der Waals surface area contributed by atoms with Crippen molar-refractivity contribution < 1.29 is 17.9 Å². The highest BCUT2D eigenvalue weighted by Gasteiger charge is 2.31. The van der Waals surface area contributed by atoms with Crippen LogP contribution < -0.4 is 4.74 Å². The number of aryl methyl sites for hydroxylation is 3. The van der Waals surface area contributed by atoms with Crippen molar-refractivity contribution in [3.05, 3.63) is 57.1 Å². The van der Waals surface area contributed by atoms with E-state index in [1.807, 2.05) is 45.0 Å². The van der Waals surface area contributed by atoms with Gasteiger partial charge in [0.15, 0.2) is 6.79 Å². The molecular weight excluding hydrogens is 424 g/mol. The van der Waals surface area contributed by atoms with Gasteiger partial charge in [0.25, 0.3) is 0 Å². The van der Waals surface area contributed by atoms with Crippen molar-refractivity contribution in [1.29, 1.82) is 0 Å². The number of halogens is 1. The first kappa shape index (κ1) is 21.6. The smallest absolute Gasteiger partial charge is 0.243 e. The van der Waals surface area contributed by atoms with Crippen molar-refractivity contribution >= 4 is 21.6 Å². The molecule has 2 aliphatic rings. The van der Waals surface area contributed by atoms with Crippen LogP contribution in [-0.2, 0) is 27.9 Å². The fraction of sp³-hybridized carbons (Fsp3) is 0.455. The summed E-state index contributed by atoms with van der Waals surface area (Å²) >= 11 is 6.27. The number of nitrogens with zero attached hydrogens (tertiary/aromatic N) is 2. The number of rotatable bonds is 4. The predicted octanol–water partition coefficient (Wildman–Crippen LogP) is 3.64. The van der Waals surface area contributed by atoms with Crippen molar-refractivity contribution in [2.24, 2.45) is 0 Å². The summed E-state index contributed by atoms with van der Waals surface area (Å²) < 4.78 is 39.3. The zero-order valence-corrected chi connectivity index (χ0v) is 19.1. The van der Waals surface area contributed by atoms with E-state index in [4.69, 9.17) is 21.1 Å². The molecule has 0 radical (unpaired) electrons. The molecule has 30 heavy (non-hydrogen) atoms. The third-order valence-corrected chi connectivity index (χ3v) is 8.10. The van der Waals surface area contributed by atoms with E-state index in [0.29, 0.717) is 49.2 Å². The van der Waals surface area contributed by atoms with Crippen molar-refractivity contribution in [3.63, 3.8) is 0 Å². The third-order valence-electron chi connectivity index (χ3n) is 5.68. The molecule has 0 aliphatic carbocycles. The van der Waals surface area contributed by atoms with Gasteiger partial charge in [-0.15, -0.1) is 0 Å². The van der Waals surface area contributed by atoms with Crippen molar-refractivity contribution in [2.45, 2.75) is 38.8 Å². The van der Waals surface area contributed by atoms with Gasteiger partial charge in [-0.1, -0.05) is 29.3 Å². The summed E-state index contributed by atoms with van der Waals surface area (Å²) in [5, 5.41) is 0.657. The highest BCUT2D eigenvalue weighted by Crippen LogP contribution is 2.33. The molecule has 0 atom stereocenters. The number of hydrogen-bond donors (Lipinski definition) is 0. The van der Waals surface area contributed by atoms with Crippen LogP contribution in [0.2, 0.25) is 5.02 Å². The number of benzene rings is 2. The number of piperazine rings is 1. The van der Waals surface area contributed by atoms with Gasteiger partial charge in [-0.05, 0) is 44.0 Å². The summed E-state index contributed by atoms with van der Waals surface area (Å²) in [4.78, 5) is 2.69. The standard InChI is InChI=1S/C22H27ClN2O4S/c1-15-8-16(2)22(17(3)9-15)30(26,27)25-6-4-24(5-7-25)12-18-10-20(23)11-19-13-28-14-29-21(18)19/h8-11H,4-7,12-14H2,1-3H3. The third kappa shape index (κ3) is 4.22. The molecule has 0 saturated carbocycles. The molecule has 0 bridgehead atoms. The molecule has 162 valence electrons. The first-order valence-corrected chi connectivity index (χ1v) is 11.9. The first-order valence-electron chi connectivity index (χ1n) is 10.1. The lowest BCUT2D eigenvalue weighted by Gasteiger charge is -2.35. The molecule has 0 aromatic heterocycles. The Balaban J connectivity index is 1.48. The summed E-state index contributed by atoms with van der Waals surface area (Å²) in [6, 6.07) is 7.66. The minimum Gasteiger partial charge on any atom is -0.467 e. The summed E-state index contributed by atoms with van der Waals surface area (Å²) in [5.74, 6) is 0.839. The van der Waals surface area contributed by atoms with Gasteiger partial charge in [-0.25, -0.2) is 8.42 Å². The zero-order valence-electron chi connectivity index (χ0n) is 17.6. The largest absolute Gasteiger partial charge is 0.467 e. The molecule has 0 unspecified atom stereocenters. The summed E-state index contributed by atoms with van der Waals surface area (Å²) in [5.41, 5.74) is 4.66. The van der Waals surface area contributed by atoms with Crippen LogP contribution >= 0.6 is 11.6 Å². The maximum Gasteiger partial charge on any atom is 0.243 e. The van der Waals surface area contributed by atoms with Crippen LogP contribution in [0.5, 0.6) is 5.75 Å². The summed E-state index contributed by atoms with van der Waals surface area (Å²) in [6.07, 6.45) is 0. The van der Waals surface area contributed by atoms with Gasteiger partial charge in [0, 0.05) is 48.9 Å². The van der Waals surface area contributed by atoms with Gasteiger partial charge in [0.05, 0.1) is 11.5 Å². The Morgan fingerprint density at radius 3 is 2.33 bits per heavy atom. The van der Waals surface area contributed by atoms with Crippen LogP contribution in [0.15, 0.2) is 29.2 Å². The van der Waals surface area contributed by atoms with E-state index >= 15 is 0 Å². The Morgan fingerprint density at radius 1 is 1.00 bits per heavy atom. The Hall–Kier alpha value is -1.64. The maximum atomic E-state index is 13.3. The summed E-state index contributed by atoms with van der Waals surface area (Å²) in [6.45, 7) is 9.35. The minimum atomic E-state index is -3.51. The molecule has 4 rings (SSSR count). The molecule has 2 aliphatic heterocycles. The predicted molar refractivity (Wildman–Crippen MR) is 116 cm³/mol. The van der Waals surface area contributed by atoms with Gasteiger partial charge in [0.1, 0.15) is 5.75 Å². The van der Waals surface area contributed by atoms with Crippen LogP contribution in [0.3, 0.4) is 0 Å². The second-order valence-corrected chi connectivity index (χ2v) is 10.4. The van der Waals surface area contributed by atoms with Crippen LogP contribution in [0.25, 0.3) is 0 Å². The van der Waals surface area contributed by atoms with Crippen molar-refractivity contribution in [1.82, 2.24) is 9.21 Å². The van der Waals surface area contributed by atoms with E-state index in [2.05, 4.69) is 4.90 Å². The van der Waals surface area contributed by atoms with Crippen LogP contribution in [0, 0.1) is 20.8 Å². The number of hydrogen-bond acceptors (Lipinski definition) is 5. The lowest BCUT2D eigenvalue weighted by molar-refractivity contribution is -0.0175. The number of ether oxygens (including phenoxy) is 2. The Kier molecular flexibility index (Phi) is 6.10. The SMILES string of the molecule is Cc1cc(C)c(S(=O)(=O)N2CCN(Cc3cc(Cl)cc4c3OCOC4)CC2)c(C)c1. The lowest BCUT2D eigenvalue weighted by atomic mass is 10.1. The average molecular weight is 451 g/mol. The van der Waals surface area contributed by atoms with Crippen LogP contribution in [-0.4, -0.2) is 50.6 Å². The lowest BCUT2D eigenvalue weighted by Crippen LogP contribution is -2.48. The molecule has 0 amide bonds. The molecule has 6 nitrogen and oxygen atoms in total. The van der Waals surface area contributed by atoms with E-state index in [1.165, 1.54) is 0 Å². The fourth-order valence-corrected chi connectivity index (χ4v) is 6.54. The molecule has 2 aromatic rings. The number of fused-ring (bicyclic) bond motifs is 1. The molecule has 0 N–H and O–H groups in total. The van der Waals surface area contributed by atoms with Gasteiger partial charge in [-0.2, -0.15) is 4.31 Å². The average Bonchev–Trinajstić information content (AvgIpc) is 2.67. The maximum absolute atomic E-state index is 13.3. The molecule has 1 fully saturated rings. The van der Waals surface area contributed by atoms with E-state index < -0.39 is 10.0 Å². The normalized spacial score (nSPS) is 18.1. The molecule has 2 aromatic carbocycles. The van der Waals surface area contributed by atoms with Crippen LogP contribution in [0.1, 0.15) is 27.8 Å². The highest BCUT2D eigenvalue weighted by atomic mass is 35.5. The van der Waals surface area contributed by atoms with E-state index in [0.717, 1.165) is 33.6 Å². The quantitative estimate of drug-likeness (QED) is 0.711. The molecule has 8 heteroatoms. The molecular formula is C22H27ClN2O4S. The second-order valence-electron chi connectivity index (χ2n) is 8.07. The number of sulfonamides is 1. The topological polar surface area (TPSA) is 59.1 Å². The monoisotopic (exact) mass is 450 g/mol. The van der Waals surface area contributed by atoms with Crippen molar-refractivity contribution in [2.75, 3.05) is 33.0 Å². The van der Waals surface area contributed by atoms with E-state index in [1.54, 1.807) is 4.31 Å². The zero-order chi connectivity index (χ0) is 21.5. The van der Waals surface area contributed by atoms with Gasteiger partial charge in [-0.3, -0.25) is 4.90 Å². The Bertz CT molecular complexity index is 1040. The first-order chi connectivity index (χ1) is 14.3. The molecule has 1 saturated heterocycles. The minimum absolute atomic E-state index is 0.239.